The molecule has 11 nitrogen and oxygen atoms in total. The van der Waals surface area contributed by atoms with Gasteiger partial charge in [-0.15, -0.1) is 0 Å². The van der Waals surface area contributed by atoms with E-state index in [1.807, 2.05) is 19.9 Å². The number of hydrogen-bond acceptors (Lipinski definition) is 8. The first-order valence-electron chi connectivity index (χ1n) is 12.5. The van der Waals surface area contributed by atoms with Crippen LogP contribution >= 0.6 is 0 Å². The molecule has 38 heavy (non-hydrogen) atoms. The van der Waals surface area contributed by atoms with E-state index in [1.165, 1.54) is 50.5 Å². The van der Waals surface area contributed by atoms with Crippen LogP contribution < -0.4 is 21.9 Å². The van der Waals surface area contributed by atoms with Crippen LogP contribution in [0.1, 0.15) is 47.6 Å². The van der Waals surface area contributed by atoms with Crippen molar-refractivity contribution in [1.29, 1.82) is 5.26 Å². The molecule has 1 aliphatic rings. The summed E-state index contributed by atoms with van der Waals surface area (Å²) in [6.45, 7) is 10.5. The van der Waals surface area contributed by atoms with Gasteiger partial charge in [0.15, 0.2) is 0 Å². The second-order valence-electron chi connectivity index (χ2n) is 9.24. The fraction of sp³-hybridized carbons (Fsp3) is 0.444. The molecule has 3 aromatic heterocycles. The first-order valence-corrected chi connectivity index (χ1v) is 12.5. The predicted molar refractivity (Wildman–Crippen MR) is 145 cm³/mol. The minimum atomic E-state index is -0.608. The third kappa shape index (κ3) is 6.10. The van der Waals surface area contributed by atoms with Gasteiger partial charge < -0.3 is 19.9 Å². The van der Waals surface area contributed by atoms with Crippen LogP contribution in [-0.2, 0) is 24.9 Å². The lowest BCUT2D eigenvalue weighted by Gasteiger charge is -2.12. The molecule has 202 valence electrons. The van der Waals surface area contributed by atoms with Gasteiger partial charge in [-0.05, 0) is 52.4 Å². The van der Waals surface area contributed by atoms with Gasteiger partial charge in [-0.1, -0.05) is 11.6 Å². The molecule has 1 aliphatic heterocycles. The van der Waals surface area contributed by atoms with Crippen molar-refractivity contribution in [1.82, 2.24) is 29.3 Å². The molecular formula is C27H35N7O4. The average Bonchev–Trinajstić information content (AvgIpc) is 3.07. The van der Waals surface area contributed by atoms with Gasteiger partial charge in [-0.2, -0.15) is 5.26 Å². The first kappa shape index (κ1) is 28.6. The molecule has 4 rings (SSSR count). The molecule has 1 fully saturated rings. The average molecular weight is 522 g/mol. The van der Waals surface area contributed by atoms with Crippen LogP contribution in [0.5, 0.6) is 0 Å². The normalized spacial score (nSPS) is 13.2. The van der Waals surface area contributed by atoms with Gasteiger partial charge in [0.25, 0.3) is 5.56 Å². The van der Waals surface area contributed by atoms with Crippen molar-refractivity contribution in [2.75, 3.05) is 33.3 Å². The number of nitriles is 1. The highest BCUT2D eigenvalue weighted by Gasteiger charge is 2.23. The van der Waals surface area contributed by atoms with E-state index in [-0.39, 0.29) is 28.9 Å². The van der Waals surface area contributed by atoms with Gasteiger partial charge in [0.05, 0.1) is 36.0 Å². The van der Waals surface area contributed by atoms with E-state index >= 15 is 0 Å². The summed E-state index contributed by atoms with van der Waals surface area (Å²) in [5.74, 6) is -0.608. The van der Waals surface area contributed by atoms with Crippen LogP contribution in [0, 0.1) is 18.3 Å². The van der Waals surface area contributed by atoms with E-state index in [9.17, 15) is 19.6 Å². The Balaban J connectivity index is 0.000000494. The summed E-state index contributed by atoms with van der Waals surface area (Å²) >= 11 is 0. The minimum Gasteiger partial charge on any atom is -0.465 e. The monoisotopic (exact) mass is 521 g/mol. The van der Waals surface area contributed by atoms with Gasteiger partial charge in [0, 0.05) is 38.6 Å². The molecule has 0 aromatic carbocycles. The molecule has 11 heteroatoms. The number of nitrogens with zero attached hydrogens (tertiary/aromatic N) is 5. The summed E-state index contributed by atoms with van der Waals surface area (Å²) in [5, 5.41) is 16.2. The van der Waals surface area contributed by atoms with Crippen molar-refractivity contribution in [3.63, 3.8) is 0 Å². The van der Waals surface area contributed by atoms with E-state index in [0.717, 1.165) is 23.2 Å². The molecule has 3 aromatic rings. The molecule has 0 saturated carbocycles. The molecule has 0 bridgehead atoms. The van der Waals surface area contributed by atoms with E-state index in [4.69, 9.17) is 4.74 Å². The molecule has 0 spiro atoms. The Morgan fingerprint density at radius 3 is 2.45 bits per heavy atom. The van der Waals surface area contributed by atoms with E-state index in [2.05, 4.69) is 21.7 Å². The number of hydrogen-bond donors (Lipinski definition) is 2. The first-order chi connectivity index (χ1) is 18.2. The number of rotatable bonds is 5. The van der Waals surface area contributed by atoms with Crippen LogP contribution in [0.4, 0.5) is 0 Å². The number of allylic oxidation sites excluding steroid dienone is 2. The lowest BCUT2D eigenvalue weighted by Crippen LogP contribution is -2.40. The van der Waals surface area contributed by atoms with Crippen molar-refractivity contribution in [2.45, 2.75) is 40.3 Å². The molecule has 0 atom stereocenters. The Hall–Kier alpha value is -4.01. The molecule has 0 unspecified atom stereocenters. The van der Waals surface area contributed by atoms with Crippen LogP contribution in [0.15, 0.2) is 39.6 Å². The molecule has 1 saturated heterocycles. The summed E-state index contributed by atoms with van der Waals surface area (Å²) in [7, 11) is 2.77. The van der Waals surface area contributed by atoms with Crippen molar-refractivity contribution >= 4 is 17.0 Å². The number of aromatic nitrogens is 4. The predicted octanol–water partition coefficient (Wildman–Crippen LogP) is 1.45. The number of carbonyl (C=O) groups is 1. The second-order valence-corrected chi connectivity index (χ2v) is 9.24. The molecular weight excluding hydrogens is 486 g/mol. The van der Waals surface area contributed by atoms with Crippen molar-refractivity contribution in [3.8, 4) is 6.07 Å². The zero-order valence-electron chi connectivity index (χ0n) is 22.6. The standard InChI is InChI=1S/C22H23N5O4.C5H12N2/c1-13(2)8-10-26-14(3)16(11-23)18-19(26)20(28)27(22(30)25(18)4)12-17-15(21(29)31-5)7-6-9-24-17;1-2-6-4-5-7-3-1/h6-9H,10,12H2,1-5H3;6-7H,1-5H2. The maximum absolute atomic E-state index is 13.5. The molecule has 0 aliphatic carbocycles. The Morgan fingerprint density at radius 1 is 1.16 bits per heavy atom. The van der Waals surface area contributed by atoms with Gasteiger partial charge in [-0.3, -0.25) is 18.9 Å². The van der Waals surface area contributed by atoms with Crippen LogP contribution in [-0.4, -0.2) is 57.9 Å². The highest BCUT2D eigenvalue weighted by atomic mass is 16.5. The fourth-order valence-corrected chi connectivity index (χ4v) is 4.31. The lowest BCUT2D eigenvalue weighted by atomic mass is 10.2. The van der Waals surface area contributed by atoms with Crippen molar-refractivity contribution in [3.05, 3.63) is 73.3 Å². The van der Waals surface area contributed by atoms with Gasteiger partial charge in [0.1, 0.15) is 11.6 Å². The van der Waals surface area contributed by atoms with Crippen molar-refractivity contribution in [2.24, 2.45) is 7.05 Å². The second kappa shape index (κ2) is 13.0. The molecule has 2 N–H and O–H groups in total. The van der Waals surface area contributed by atoms with Gasteiger partial charge >= 0.3 is 11.7 Å². The van der Waals surface area contributed by atoms with Crippen LogP contribution in [0.2, 0.25) is 0 Å². The maximum atomic E-state index is 13.5. The molecule has 4 heterocycles. The number of carbonyl (C=O) groups excluding carboxylic acids is 1. The summed E-state index contributed by atoms with van der Waals surface area (Å²) in [4.78, 5) is 42.8. The van der Waals surface area contributed by atoms with Crippen LogP contribution in [0.3, 0.4) is 0 Å². The number of fused-ring (bicyclic) bond motifs is 1. The number of ether oxygens (including phenoxy) is 1. The van der Waals surface area contributed by atoms with Gasteiger partial charge in [-0.25, -0.2) is 9.59 Å². The minimum absolute atomic E-state index is 0.174. The Kier molecular flexibility index (Phi) is 9.76. The highest BCUT2D eigenvalue weighted by molar-refractivity contribution is 5.90. The van der Waals surface area contributed by atoms with E-state index in [0.29, 0.717) is 17.8 Å². The fourth-order valence-electron chi connectivity index (χ4n) is 4.31. The number of methoxy groups -OCH3 is 1. The molecule has 0 amide bonds. The van der Waals surface area contributed by atoms with Crippen LogP contribution in [0.25, 0.3) is 11.0 Å². The zero-order chi connectivity index (χ0) is 27.8. The number of esters is 1. The zero-order valence-corrected chi connectivity index (χ0v) is 22.6. The largest absolute Gasteiger partial charge is 0.465 e. The summed E-state index contributed by atoms with van der Waals surface area (Å²) in [6.07, 6.45) is 4.70. The third-order valence-electron chi connectivity index (χ3n) is 6.38. The molecule has 0 radical (unpaired) electrons. The third-order valence-corrected chi connectivity index (χ3v) is 6.38. The Bertz CT molecular complexity index is 1480. The van der Waals surface area contributed by atoms with Crippen molar-refractivity contribution < 1.29 is 9.53 Å². The topological polar surface area (TPSA) is 136 Å². The Morgan fingerprint density at radius 2 is 1.84 bits per heavy atom. The Labute approximate surface area is 221 Å². The van der Waals surface area contributed by atoms with Gasteiger partial charge in [0.2, 0.25) is 0 Å². The maximum Gasteiger partial charge on any atom is 0.339 e. The number of pyridine rings is 1. The summed E-state index contributed by atoms with van der Waals surface area (Å²) < 4.78 is 8.83. The SMILES string of the molecule is C1CNCCNC1.COC(=O)c1cccnc1Cn1c(=O)c2c(c(C#N)c(C)n2CC=C(C)C)n(C)c1=O. The summed E-state index contributed by atoms with van der Waals surface area (Å²) in [6, 6.07) is 5.22. The number of nitrogens with one attached hydrogen (secondary N) is 2. The number of aryl methyl sites for hydroxylation is 1. The van der Waals surface area contributed by atoms with E-state index in [1.54, 1.807) is 17.6 Å². The summed E-state index contributed by atoms with van der Waals surface area (Å²) in [5.41, 5.74) is 1.76. The highest BCUT2D eigenvalue weighted by Crippen LogP contribution is 2.22. The lowest BCUT2D eigenvalue weighted by molar-refractivity contribution is 0.0598. The quantitative estimate of drug-likeness (QED) is 0.380. The van der Waals surface area contributed by atoms with E-state index < -0.39 is 17.2 Å². The smallest absolute Gasteiger partial charge is 0.339 e.